The largest absolute Gasteiger partial charge is 0.478 e. The first-order valence-electron chi connectivity index (χ1n) is 32.4. The summed E-state index contributed by atoms with van der Waals surface area (Å²) in [5.41, 5.74) is 19.8. The lowest BCUT2D eigenvalue weighted by Crippen LogP contribution is -2.41. The Morgan fingerprint density at radius 2 is 0.939 bits per heavy atom. The Bertz CT molecular complexity index is 3380. The molecular formula is C74H84ClF9N8O7. The van der Waals surface area contributed by atoms with E-state index in [1.165, 1.54) is 134 Å². The fourth-order valence-corrected chi connectivity index (χ4v) is 10.8. The van der Waals surface area contributed by atoms with E-state index in [1.54, 1.807) is 48.5 Å². The molecule has 0 saturated carbocycles. The van der Waals surface area contributed by atoms with Gasteiger partial charge in [0.05, 0.1) is 28.8 Å². The Hall–Kier alpha value is -8.54. The Morgan fingerprint density at radius 3 is 1.29 bits per heavy atom. The van der Waals surface area contributed by atoms with Crippen LogP contribution in [0.25, 0.3) is 0 Å². The second-order valence-electron chi connectivity index (χ2n) is 23.3. The molecule has 25 heteroatoms. The molecule has 3 aliphatic heterocycles. The molecule has 10 rings (SSSR count). The van der Waals surface area contributed by atoms with E-state index in [2.05, 4.69) is 25.1 Å². The molecule has 0 aromatic heterocycles. The average Bonchev–Trinajstić information content (AvgIpc) is 0.870. The number of carbonyl (C=O) groups is 2. The predicted molar refractivity (Wildman–Crippen MR) is 362 cm³/mol. The third-order valence-electron chi connectivity index (χ3n) is 15.9. The first-order chi connectivity index (χ1) is 47.7. The Labute approximate surface area is 576 Å². The average molecular weight is 1400 g/mol. The molecule has 99 heavy (non-hydrogen) atoms. The van der Waals surface area contributed by atoms with E-state index in [9.17, 15) is 58.7 Å². The monoisotopic (exact) mass is 1400 g/mol. The smallest absolute Gasteiger partial charge is 0.416 e. The van der Waals surface area contributed by atoms with Crippen LogP contribution in [0.2, 0.25) is 0 Å². The van der Waals surface area contributed by atoms with Gasteiger partial charge in [0.15, 0.2) is 6.07 Å². The minimum absolute atomic E-state index is 0.0404. The van der Waals surface area contributed by atoms with E-state index in [1.807, 2.05) is 0 Å². The van der Waals surface area contributed by atoms with E-state index >= 15 is 0 Å². The quantitative estimate of drug-likeness (QED) is 0.0155. The molecule has 532 valence electrons. The summed E-state index contributed by atoms with van der Waals surface area (Å²) in [4.78, 5) is 52.6. The zero-order valence-electron chi connectivity index (χ0n) is 54.8. The second kappa shape index (κ2) is 45.2. The normalized spacial score (nSPS) is 15.9. The zero-order valence-corrected chi connectivity index (χ0v) is 55.5. The minimum atomic E-state index is -4.34. The van der Waals surface area contributed by atoms with Crippen molar-refractivity contribution in [1.82, 2.24) is 15.1 Å². The molecule has 2 amide bonds. The lowest BCUT2D eigenvalue weighted by Gasteiger charge is -2.32. The molecule has 0 aliphatic carbocycles. The standard InChI is InChI=1S/C23H28F2N2O2.C23H30F2N2O.C8H6ClF3O.2C7H4FNO.C6H12N2O/c24-20-9-5-17(6-10-20)22(18-7-11-21(25)12-8-18)29-15-2-1-13-27-14-3-4-19(16-27)23(26)28;24-21-9-5-19(6-10-21)23(20-7-11-22(25)12-8-20)28-15-2-1-13-27-14-3-4-18(16-26)17-27;9-5-13-7-3-1-2-6(4-7)8(10,11)12;2*8-6-1-3-7(4-2-6)9-5-10;7-6(9)5-2-1-3-8-4-5/h5-12,19,22H,1-4,13-16H2,(H2,26,28);5-12,18,23H,1-4,13-17,26H2;1-4H,5H2;2*1-4H;5,8H,1-4H2,(H2,7,9). The number of primary amides is 2. The molecule has 3 atom stereocenters. The van der Waals surface area contributed by atoms with Crippen LogP contribution in [0, 0.1) is 52.7 Å². The molecule has 3 aliphatic rings. The number of amides is 2. The Kier molecular flexibility index (Phi) is 37.0. The molecule has 3 saturated heterocycles. The number of carbonyl (C=O) groups excluding carboxylic acids is 4. The lowest BCUT2D eigenvalue weighted by atomic mass is 9.97. The maximum absolute atomic E-state index is 13.3. The van der Waals surface area contributed by atoms with Crippen molar-refractivity contribution < 1.29 is 72.9 Å². The number of nitrogens with two attached hydrogens (primary N) is 3. The minimum Gasteiger partial charge on any atom is -0.478 e. The van der Waals surface area contributed by atoms with Gasteiger partial charge in [-0.15, -0.1) is 0 Å². The van der Waals surface area contributed by atoms with E-state index in [0.717, 1.165) is 145 Å². The van der Waals surface area contributed by atoms with Crippen LogP contribution in [0.4, 0.5) is 50.9 Å². The number of nitrogens with one attached hydrogen (secondary N) is 1. The van der Waals surface area contributed by atoms with Gasteiger partial charge in [0.1, 0.15) is 52.9 Å². The van der Waals surface area contributed by atoms with Gasteiger partial charge >= 0.3 is 6.18 Å². The molecule has 7 aromatic rings. The molecule has 3 unspecified atom stereocenters. The molecule has 15 nitrogen and oxygen atoms in total. The van der Waals surface area contributed by atoms with Crippen molar-refractivity contribution in [3.8, 4) is 5.75 Å². The lowest BCUT2D eigenvalue weighted by molar-refractivity contribution is -0.137. The second-order valence-corrected chi connectivity index (χ2v) is 23.5. The number of aliphatic imine (C=N–C) groups is 2. The number of piperidine rings is 3. The van der Waals surface area contributed by atoms with Crippen molar-refractivity contribution in [2.24, 2.45) is 44.9 Å². The number of halogens is 10. The summed E-state index contributed by atoms with van der Waals surface area (Å²) in [7, 11) is 0. The van der Waals surface area contributed by atoms with E-state index in [-0.39, 0.29) is 82.6 Å². The first kappa shape index (κ1) is 81.1. The number of hydrogen-bond acceptors (Lipinski definition) is 13. The summed E-state index contributed by atoms with van der Waals surface area (Å²) >= 11 is 5.20. The van der Waals surface area contributed by atoms with E-state index in [4.69, 9.17) is 43.0 Å². The fourth-order valence-electron chi connectivity index (χ4n) is 10.7. The number of ether oxygens (including phenoxy) is 3. The molecule has 3 heterocycles. The topological polar surface area (TPSA) is 217 Å². The molecule has 0 radical (unpaired) electrons. The third-order valence-corrected chi connectivity index (χ3v) is 16.0. The molecule has 7 N–H and O–H groups in total. The van der Waals surface area contributed by atoms with Gasteiger partial charge in [0.25, 0.3) is 0 Å². The zero-order chi connectivity index (χ0) is 71.8. The molecule has 7 aromatic carbocycles. The molecule has 0 bridgehead atoms. The number of rotatable bonds is 23. The summed E-state index contributed by atoms with van der Waals surface area (Å²) < 4.78 is 131. The van der Waals surface area contributed by atoms with Crippen molar-refractivity contribution in [3.05, 3.63) is 233 Å². The number of benzene rings is 7. The van der Waals surface area contributed by atoms with Crippen LogP contribution in [0.1, 0.15) is 104 Å². The van der Waals surface area contributed by atoms with Crippen molar-refractivity contribution >= 4 is 46.9 Å². The highest BCUT2D eigenvalue weighted by atomic mass is 35.5. The van der Waals surface area contributed by atoms with Crippen molar-refractivity contribution in [2.45, 2.75) is 82.6 Å². The highest BCUT2D eigenvalue weighted by Gasteiger charge is 2.31. The van der Waals surface area contributed by atoms with Crippen LogP contribution in [0.5, 0.6) is 5.75 Å². The van der Waals surface area contributed by atoms with Gasteiger partial charge in [-0.2, -0.15) is 23.2 Å². The number of alkyl halides is 4. The summed E-state index contributed by atoms with van der Waals surface area (Å²) in [6.07, 6.45) is 7.89. The maximum atomic E-state index is 13.3. The summed E-state index contributed by atoms with van der Waals surface area (Å²) in [6, 6.07) is 40.0. The highest BCUT2D eigenvalue weighted by Crippen LogP contribution is 2.32. The summed E-state index contributed by atoms with van der Waals surface area (Å²) in [5, 5.41) is 3.12. The highest BCUT2D eigenvalue weighted by molar-refractivity contribution is 6.17. The summed E-state index contributed by atoms with van der Waals surface area (Å²) in [6.45, 7) is 9.69. The van der Waals surface area contributed by atoms with Crippen molar-refractivity contribution in [2.75, 3.05) is 78.2 Å². The van der Waals surface area contributed by atoms with Crippen LogP contribution >= 0.6 is 11.6 Å². The van der Waals surface area contributed by atoms with Gasteiger partial charge in [-0.3, -0.25) is 9.59 Å². The number of likely N-dealkylation sites (tertiary alicyclic amines) is 2. The summed E-state index contributed by atoms with van der Waals surface area (Å²) in [5.74, 6) is -1.43. The van der Waals surface area contributed by atoms with Crippen LogP contribution in [0.3, 0.4) is 0 Å². The predicted octanol–water partition coefficient (Wildman–Crippen LogP) is 14.9. The fraction of sp³-hybridized carbons (Fsp3) is 0.378. The van der Waals surface area contributed by atoms with Crippen molar-refractivity contribution in [1.29, 1.82) is 0 Å². The van der Waals surface area contributed by atoms with Gasteiger partial charge in [0, 0.05) is 32.8 Å². The number of nitrogens with zero attached hydrogens (tertiary/aromatic N) is 4. The third kappa shape index (κ3) is 31.9. The van der Waals surface area contributed by atoms with Crippen LogP contribution in [0.15, 0.2) is 180 Å². The molecular weight excluding hydrogens is 1320 g/mol. The Morgan fingerprint density at radius 1 is 0.545 bits per heavy atom. The van der Waals surface area contributed by atoms with E-state index in [0.29, 0.717) is 30.5 Å². The number of hydrogen-bond donors (Lipinski definition) is 4. The van der Waals surface area contributed by atoms with Gasteiger partial charge in [0.2, 0.25) is 24.0 Å². The number of unbranched alkanes of at least 4 members (excludes halogenated alkanes) is 2. The van der Waals surface area contributed by atoms with Crippen LogP contribution in [-0.4, -0.2) is 112 Å². The van der Waals surface area contributed by atoms with Crippen LogP contribution < -0.4 is 27.3 Å². The van der Waals surface area contributed by atoms with Crippen molar-refractivity contribution in [3.63, 3.8) is 0 Å². The SMILES string of the molecule is FC(F)(F)c1cccc(OCCl)c1.NC(=O)C1CCCN(CCCCOC(c2ccc(F)cc2)c2ccc(F)cc2)C1.NC(=O)C1CCCNC1.NCC1CCCN(CCCCOC(c2ccc(F)cc2)c2ccc(F)cc2)C1.O=C=Nc1ccc(F)cc1.O=C=Nc1ccc(F)cc1. The van der Waals surface area contributed by atoms with Gasteiger partial charge in [-0.1, -0.05) is 66.2 Å². The van der Waals surface area contributed by atoms with E-state index < -0.39 is 11.7 Å². The number of isocyanates is 2. The van der Waals surface area contributed by atoms with Crippen LogP contribution in [-0.2, 0) is 34.8 Å². The Balaban J connectivity index is 0.000000230. The maximum Gasteiger partial charge on any atom is 0.416 e. The first-order valence-corrected chi connectivity index (χ1v) is 32.9. The van der Waals surface area contributed by atoms with Gasteiger partial charge < -0.3 is 46.5 Å². The molecule has 3 fully saturated rings. The van der Waals surface area contributed by atoms with Gasteiger partial charge in [-0.05, 0) is 247 Å². The molecule has 0 spiro atoms. The van der Waals surface area contributed by atoms with Gasteiger partial charge in [-0.25, -0.2) is 35.9 Å².